The summed E-state index contributed by atoms with van der Waals surface area (Å²) in [7, 11) is 0. The summed E-state index contributed by atoms with van der Waals surface area (Å²) >= 11 is 1.52. The number of benzene rings is 1. The standard InChI is InChI=1S/C15H15N3OS/c1-2-3-10-4-6-11(7-5-10)19-13-12-8-9-20-14(12)18-15(16)17-13/h4-9H,2-3H2,1H3,(H2,16,17,18). The van der Waals surface area contributed by atoms with Gasteiger partial charge in [0.25, 0.3) is 0 Å². The summed E-state index contributed by atoms with van der Waals surface area (Å²) in [6, 6.07) is 10.0. The van der Waals surface area contributed by atoms with Gasteiger partial charge in [-0.25, -0.2) is 4.98 Å². The van der Waals surface area contributed by atoms with Gasteiger partial charge in [0.2, 0.25) is 11.8 Å². The summed E-state index contributed by atoms with van der Waals surface area (Å²) < 4.78 is 5.84. The van der Waals surface area contributed by atoms with Gasteiger partial charge in [-0.15, -0.1) is 11.3 Å². The minimum absolute atomic E-state index is 0.234. The van der Waals surface area contributed by atoms with Crippen LogP contribution >= 0.6 is 11.3 Å². The summed E-state index contributed by atoms with van der Waals surface area (Å²) in [4.78, 5) is 9.20. The Kier molecular flexibility index (Phi) is 3.52. The van der Waals surface area contributed by atoms with Crippen molar-refractivity contribution in [2.24, 2.45) is 0 Å². The highest BCUT2D eigenvalue weighted by molar-refractivity contribution is 7.16. The van der Waals surface area contributed by atoms with E-state index in [0.717, 1.165) is 28.8 Å². The van der Waals surface area contributed by atoms with Crippen molar-refractivity contribution in [3.8, 4) is 11.6 Å². The number of aromatic nitrogens is 2. The lowest BCUT2D eigenvalue weighted by Gasteiger charge is -2.07. The van der Waals surface area contributed by atoms with Crippen molar-refractivity contribution in [3.63, 3.8) is 0 Å². The summed E-state index contributed by atoms with van der Waals surface area (Å²) in [6.07, 6.45) is 2.22. The lowest BCUT2D eigenvalue weighted by Crippen LogP contribution is -1.97. The number of anilines is 1. The van der Waals surface area contributed by atoms with Crippen LogP contribution in [0.4, 0.5) is 5.95 Å². The number of thiophene rings is 1. The van der Waals surface area contributed by atoms with Crippen LogP contribution in [0.3, 0.4) is 0 Å². The van der Waals surface area contributed by atoms with Gasteiger partial charge in [0.15, 0.2) is 0 Å². The van der Waals surface area contributed by atoms with E-state index in [1.165, 1.54) is 16.9 Å². The predicted molar refractivity (Wildman–Crippen MR) is 82.3 cm³/mol. The van der Waals surface area contributed by atoms with Crippen LogP contribution in [0.25, 0.3) is 10.2 Å². The molecule has 3 rings (SSSR count). The maximum absolute atomic E-state index is 5.84. The molecule has 0 aliphatic heterocycles. The van der Waals surface area contributed by atoms with E-state index in [0.29, 0.717) is 5.88 Å². The Morgan fingerprint density at radius 1 is 1.15 bits per heavy atom. The van der Waals surface area contributed by atoms with Gasteiger partial charge in [0.05, 0.1) is 5.39 Å². The van der Waals surface area contributed by atoms with Crippen molar-refractivity contribution in [2.45, 2.75) is 19.8 Å². The molecule has 0 unspecified atom stereocenters. The van der Waals surface area contributed by atoms with Crippen LogP contribution in [0.1, 0.15) is 18.9 Å². The molecule has 0 radical (unpaired) electrons. The molecule has 0 amide bonds. The van der Waals surface area contributed by atoms with Crippen molar-refractivity contribution in [2.75, 3.05) is 5.73 Å². The first-order valence-corrected chi connectivity index (χ1v) is 7.41. The molecule has 1 aromatic carbocycles. The Bertz CT molecular complexity index is 722. The minimum Gasteiger partial charge on any atom is -0.438 e. The van der Waals surface area contributed by atoms with Crippen LogP contribution in [-0.4, -0.2) is 9.97 Å². The highest BCUT2D eigenvalue weighted by atomic mass is 32.1. The van der Waals surface area contributed by atoms with Gasteiger partial charge in [0, 0.05) is 0 Å². The summed E-state index contributed by atoms with van der Waals surface area (Å²) in [5.74, 6) is 1.50. The average Bonchev–Trinajstić information content (AvgIpc) is 2.89. The fourth-order valence-corrected chi connectivity index (χ4v) is 2.81. The Balaban J connectivity index is 1.90. The minimum atomic E-state index is 0.234. The van der Waals surface area contributed by atoms with Gasteiger partial charge in [-0.3, -0.25) is 0 Å². The average molecular weight is 285 g/mol. The Hall–Kier alpha value is -2.14. The monoisotopic (exact) mass is 285 g/mol. The number of nitrogen functional groups attached to an aromatic ring is 1. The second-order valence-electron chi connectivity index (χ2n) is 4.52. The van der Waals surface area contributed by atoms with Gasteiger partial charge >= 0.3 is 0 Å². The molecule has 2 N–H and O–H groups in total. The molecule has 3 aromatic rings. The van der Waals surface area contributed by atoms with Crippen molar-refractivity contribution in [1.82, 2.24) is 9.97 Å². The fraction of sp³-hybridized carbons (Fsp3) is 0.200. The number of aryl methyl sites for hydroxylation is 1. The van der Waals surface area contributed by atoms with Gasteiger partial charge in [0.1, 0.15) is 10.6 Å². The summed E-state index contributed by atoms with van der Waals surface area (Å²) in [5.41, 5.74) is 7.01. The highest BCUT2D eigenvalue weighted by Gasteiger charge is 2.09. The number of ether oxygens (including phenoxy) is 1. The number of hydrogen-bond acceptors (Lipinski definition) is 5. The lowest BCUT2D eigenvalue weighted by atomic mass is 10.1. The Morgan fingerprint density at radius 3 is 2.70 bits per heavy atom. The topological polar surface area (TPSA) is 61.0 Å². The number of rotatable bonds is 4. The molecule has 0 aliphatic rings. The van der Waals surface area contributed by atoms with E-state index in [-0.39, 0.29) is 5.95 Å². The molecule has 0 bridgehead atoms. The fourth-order valence-electron chi connectivity index (χ4n) is 2.05. The third kappa shape index (κ3) is 2.58. The molecule has 2 aromatic heterocycles. The summed E-state index contributed by atoms with van der Waals surface area (Å²) in [6.45, 7) is 2.17. The van der Waals surface area contributed by atoms with Crippen LogP contribution in [-0.2, 0) is 6.42 Å². The molecule has 5 heteroatoms. The number of nitrogens with two attached hydrogens (primary N) is 1. The molecule has 4 nitrogen and oxygen atoms in total. The van der Waals surface area contributed by atoms with Crippen molar-refractivity contribution in [1.29, 1.82) is 0 Å². The summed E-state index contributed by atoms with van der Waals surface area (Å²) in [5, 5.41) is 2.84. The van der Waals surface area contributed by atoms with Crippen molar-refractivity contribution >= 4 is 27.5 Å². The van der Waals surface area contributed by atoms with Gasteiger partial charge < -0.3 is 10.5 Å². The van der Waals surface area contributed by atoms with E-state index >= 15 is 0 Å². The van der Waals surface area contributed by atoms with E-state index in [9.17, 15) is 0 Å². The predicted octanol–water partition coefficient (Wildman–Crippen LogP) is 4.02. The first kappa shape index (κ1) is 12.9. The highest BCUT2D eigenvalue weighted by Crippen LogP contribution is 2.30. The zero-order chi connectivity index (χ0) is 13.9. The molecule has 20 heavy (non-hydrogen) atoms. The third-order valence-corrected chi connectivity index (χ3v) is 3.79. The molecule has 2 heterocycles. The first-order valence-electron chi connectivity index (χ1n) is 6.54. The maximum atomic E-state index is 5.84. The molecule has 0 spiro atoms. The van der Waals surface area contributed by atoms with Crippen LogP contribution < -0.4 is 10.5 Å². The molecule has 102 valence electrons. The van der Waals surface area contributed by atoms with E-state index in [4.69, 9.17) is 10.5 Å². The molecular weight excluding hydrogens is 270 g/mol. The zero-order valence-corrected chi connectivity index (χ0v) is 12.0. The van der Waals surface area contributed by atoms with E-state index < -0.39 is 0 Å². The van der Waals surface area contributed by atoms with E-state index in [2.05, 4.69) is 29.0 Å². The van der Waals surface area contributed by atoms with Gasteiger partial charge in [-0.05, 0) is 35.6 Å². The normalized spacial score (nSPS) is 10.8. The Morgan fingerprint density at radius 2 is 1.95 bits per heavy atom. The maximum Gasteiger partial charge on any atom is 0.232 e. The second-order valence-corrected chi connectivity index (χ2v) is 5.42. The number of hydrogen-bond donors (Lipinski definition) is 1. The van der Waals surface area contributed by atoms with Crippen LogP contribution in [0.2, 0.25) is 0 Å². The molecule has 0 fully saturated rings. The Labute approximate surface area is 121 Å². The van der Waals surface area contributed by atoms with E-state index in [1.807, 2.05) is 23.6 Å². The molecule has 0 saturated carbocycles. The van der Waals surface area contributed by atoms with Crippen LogP contribution in [0, 0.1) is 0 Å². The second kappa shape index (κ2) is 5.46. The lowest BCUT2D eigenvalue weighted by molar-refractivity contribution is 0.469. The van der Waals surface area contributed by atoms with Crippen LogP contribution in [0.15, 0.2) is 35.7 Å². The molecule has 0 atom stereocenters. The quantitative estimate of drug-likeness (QED) is 0.786. The first-order chi connectivity index (χ1) is 9.76. The van der Waals surface area contributed by atoms with Crippen molar-refractivity contribution < 1.29 is 4.74 Å². The number of nitrogens with zero attached hydrogens (tertiary/aromatic N) is 2. The third-order valence-electron chi connectivity index (χ3n) is 2.98. The molecule has 0 saturated heterocycles. The molecule has 0 aliphatic carbocycles. The molecular formula is C15H15N3OS. The SMILES string of the molecule is CCCc1ccc(Oc2nc(N)nc3sccc23)cc1. The van der Waals surface area contributed by atoms with Crippen molar-refractivity contribution in [3.05, 3.63) is 41.3 Å². The largest absolute Gasteiger partial charge is 0.438 e. The smallest absolute Gasteiger partial charge is 0.232 e. The van der Waals surface area contributed by atoms with Gasteiger partial charge in [-0.2, -0.15) is 4.98 Å². The number of fused-ring (bicyclic) bond motifs is 1. The van der Waals surface area contributed by atoms with Crippen LogP contribution in [0.5, 0.6) is 11.6 Å². The van der Waals surface area contributed by atoms with E-state index in [1.54, 1.807) is 0 Å². The van der Waals surface area contributed by atoms with Gasteiger partial charge in [-0.1, -0.05) is 25.5 Å². The zero-order valence-electron chi connectivity index (χ0n) is 11.2.